The molecule has 0 saturated heterocycles. The number of nitrogens with zero attached hydrogens (tertiary/aromatic N) is 2. The van der Waals surface area contributed by atoms with Crippen LogP contribution in [0.5, 0.6) is 5.75 Å². The van der Waals surface area contributed by atoms with Crippen molar-refractivity contribution in [1.82, 2.24) is 5.32 Å². The van der Waals surface area contributed by atoms with Crippen LogP contribution in [0, 0.1) is 0 Å². The van der Waals surface area contributed by atoms with E-state index in [-0.39, 0.29) is 18.4 Å². The maximum atomic E-state index is 12.7. The molecule has 25 heavy (non-hydrogen) atoms. The lowest BCUT2D eigenvalue weighted by Crippen LogP contribution is -2.49. The van der Waals surface area contributed by atoms with Crippen LogP contribution in [0.15, 0.2) is 48.5 Å². The largest absolute Gasteiger partial charge is 0.489 e. The first-order chi connectivity index (χ1) is 12.2. The number of hydrogen-bond donors (Lipinski definition) is 1. The van der Waals surface area contributed by atoms with Crippen molar-refractivity contribution >= 4 is 23.2 Å². The maximum Gasteiger partial charge on any atom is 0.251 e. The molecule has 0 atom stereocenters. The molecule has 0 aliphatic carbocycles. The number of benzene rings is 2. The Labute approximate surface area is 146 Å². The van der Waals surface area contributed by atoms with Gasteiger partial charge in [0.05, 0.1) is 18.8 Å². The molecule has 2 aromatic carbocycles. The van der Waals surface area contributed by atoms with Crippen molar-refractivity contribution in [3.63, 3.8) is 0 Å². The highest BCUT2D eigenvalue weighted by atomic mass is 16.5. The Bertz CT molecular complexity index is 807. The van der Waals surface area contributed by atoms with Crippen LogP contribution in [-0.4, -0.2) is 44.6 Å². The molecular weight excluding hydrogens is 318 g/mol. The van der Waals surface area contributed by atoms with Gasteiger partial charge in [-0.2, -0.15) is 0 Å². The van der Waals surface area contributed by atoms with E-state index >= 15 is 0 Å². The number of anilines is 2. The van der Waals surface area contributed by atoms with Crippen molar-refractivity contribution in [3.8, 4) is 5.75 Å². The zero-order valence-corrected chi connectivity index (χ0v) is 13.8. The molecule has 4 rings (SSSR count). The molecule has 2 heterocycles. The monoisotopic (exact) mass is 337 g/mol. The van der Waals surface area contributed by atoms with Crippen molar-refractivity contribution in [2.45, 2.75) is 0 Å². The van der Waals surface area contributed by atoms with E-state index in [2.05, 4.69) is 10.2 Å². The number of rotatable bonds is 3. The summed E-state index contributed by atoms with van der Waals surface area (Å²) in [6.45, 7) is 2.84. The van der Waals surface area contributed by atoms with E-state index in [1.807, 2.05) is 24.3 Å². The van der Waals surface area contributed by atoms with E-state index < -0.39 is 0 Å². The van der Waals surface area contributed by atoms with Crippen molar-refractivity contribution < 1.29 is 14.3 Å². The molecule has 1 N–H and O–H groups in total. The Morgan fingerprint density at radius 1 is 1.00 bits per heavy atom. The first-order valence-electron chi connectivity index (χ1n) is 8.38. The number of amides is 2. The number of hydrogen-bond acceptors (Lipinski definition) is 4. The molecule has 0 aromatic heterocycles. The first-order valence-corrected chi connectivity index (χ1v) is 8.38. The van der Waals surface area contributed by atoms with Crippen LogP contribution < -0.4 is 19.9 Å². The smallest absolute Gasteiger partial charge is 0.251 e. The van der Waals surface area contributed by atoms with Crippen molar-refractivity contribution in [3.05, 3.63) is 54.1 Å². The first kappa shape index (κ1) is 15.5. The normalized spacial score (nSPS) is 15.2. The Kier molecular flexibility index (Phi) is 4.01. The van der Waals surface area contributed by atoms with Crippen LogP contribution in [0.3, 0.4) is 0 Å². The van der Waals surface area contributed by atoms with Gasteiger partial charge in [-0.1, -0.05) is 24.3 Å². The second-order valence-electron chi connectivity index (χ2n) is 6.05. The quantitative estimate of drug-likeness (QED) is 0.925. The van der Waals surface area contributed by atoms with Gasteiger partial charge < -0.3 is 19.9 Å². The van der Waals surface area contributed by atoms with Gasteiger partial charge in [-0.15, -0.1) is 0 Å². The molecular formula is C19H19N3O3. The molecule has 0 bridgehead atoms. The fourth-order valence-electron chi connectivity index (χ4n) is 3.31. The highest BCUT2D eigenvalue weighted by molar-refractivity contribution is 6.03. The summed E-state index contributed by atoms with van der Waals surface area (Å²) in [5, 5.41) is 2.71. The SMILES string of the molecule is O=C(NCC(=O)N1CCN2CCOc3cccc1c32)c1ccccc1. The van der Waals surface area contributed by atoms with Crippen molar-refractivity contribution in [1.29, 1.82) is 0 Å². The van der Waals surface area contributed by atoms with E-state index in [1.165, 1.54) is 0 Å². The number of nitrogens with one attached hydrogen (secondary N) is 1. The third-order valence-electron chi connectivity index (χ3n) is 4.53. The average molecular weight is 337 g/mol. The Morgan fingerprint density at radius 2 is 1.84 bits per heavy atom. The second kappa shape index (κ2) is 6.47. The number of ether oxygens (including phenoxy) is 1. The van der Waals surface area contributed by atoms with Gasteiger partial charge >= 0.3 is 0 Å². The van der Waals surface area contributed by atoms with Crippen LogP contribution in [0.1, 0.15) is 10.4 Å². The van der Waals surface area contributed by atoms with Gasteiger partial charge in [0.1, 0.15) is 18.0 Å². The van der Waals surface area contributed by atoms with Gasteiger partial charge in [-0.3, -0.25) is 9.59 Å². The number of para-hydroxylation sites is 1. The summed E-state index contributed by atoms with van der Waals surface area (Å²) in [5.74, 6) is 0.448. The van der Waals surface area contributed by atoms with E-state index in [0.717, 1.165) is 30.2 Å². The summed E-state index contributed by atoms with van der Waals surface area (Å²) in [5.41, 5.74) is 2.37. The zero-order chi connectivity index (χ0) is 17.2. The van der Waals surface area contributed by atoms with Crippen LogP contribution in [0.25, 0.3) is 0 Å². The average Bonchev–Trinajstić information content (AvgIpc) is 2.67. The molecule has 0 saturated carbocycles. The Morgan fingerprint density at radius 3 is 2.68 bits per heavy atom. The Balaban J connectivity index is 1.49. The third kappa shape index (κ3) is 2.91. The van der Waals surface area contributed by atoms with Crippen LogP contribution >= 0.6 is 0 Å². The predicted molar refractivity (Wildman–Crippen MR) is 95.3 cm³/mol. The zero-order valence-electron chi connectivity index (χ0n) is 13.8. The van der Waals surface area contributed by atoms with E-state index in [9.17, 15) is 9.59 Å². The maximum absolute atomic E-state index is 12.7. The van der Waals surface area contributed by atoms with Gasteiger partial charge in [-0.05, 0) is 24.3 Å². The van der Waals surface area contributed by atoms with Crippen LogP contribution in [0.2, 0.25) is 0 Å². The lowest BCUT2D eigenvalue weighted by molar-refractivity contribution is -0.117. The molecule has 0 unspecified atom stereocenters. The topological polar surface area (TPSA) is 61.9 Å². The van der Waals surface area contributed by atoms with Gasteiger partial charge in [0.15, 0.2) is 0 Å². The van der Waals surface area contributed by atoms with Crippen molar-refractivity contribution in [2.75, 3.05) is 42.6 Å². The summed E-state index contributed by atoms with van der Waals surface area (Å²) < 4.78 is 5.70. The third-order valence-corrected chi connectivity index (χ3v) is 4.53. The molecule has 2 amide bonds. The summed E-state index contributed by atoms with van der Waals surface area (Å²) in [7, 11) is 0. The lowest BCUT2D eigenvalue weighted by atomic mass is 10.1. The molecule has 6 heteroatoms. The minimum Gasteiger partial charge on any atom is -0.489 e. The van der Waals surface area contributed by atoms with Gasteiger partial charge in [-0.25, -0.2) is 0 Å². The minimum absolute atomic E-state index is 0.0295. The number of carbonyl (C=O) groups excluding carboxylic acids is 2. The minimum atomic E-state index is -0.244. The molecule has 2 aliphatic heterocycles. The Hall–Kier alpha value is -3.02. The molecule has 2 aromatic rings. The summed E-state index contributed by atoms with van der Waals surface area (Å²) in [6.07, 6.45) is 0. The standard InChI is InChI=1S/C19H19N3O3/c23-17(13-20-19(24)14-5-2-1-3-6-14)22-10-9-21-11-12-25-16-8-4-7-15(22)18(16)21/h1-8H,9-13H2,(H,20,24). The molecule has 0 radical (unpaired) electrons. The molecule has 2 aliphatic rings. The van der Waals surface area contributed by atoms with Gasteiger partial charge in [0, 0.05) is 18.7 Å². The summed E-state index contributed by atoms with van der Waals surface area (Å²) in [4.78, 5) is 28.8. The van der Waals surface area contributed by atoms with Crippen LogP contribution in [0.4, 0.5) is 11.4 Å². The van der Waals surface area contributed by atoms with Gasteiger partial charge in [0.25, 0.3) is 5.91 Å². The van der Waals surface area contributed by atoms with Crippen LogP contribution in [-0.2, 0) is 4.79 Å². The van der Waals surface area contributed by atoms with E-state index in [0.29, 0.717) is 18.7 Å². The fourth-order valence-corrected chi connectivity index (χ4v) is 3.31. The molecule has 0 spiro atoms. The second-order valence-corrected chi connectivity index (χ2v) is 6.05. The summed E-state index contributed by atoms with van der Waals surface area (Å²) in [6, 6.07) is 14.6. The molecule has 6 nitrogen and oxygen atoms in total. The van der Waals surface area contributed by atoms with Gasteiger partial charge in [0.2, 0.25) is 5.91 Å². The predicted octanol–water partition coefficient (Wildman–Crippen LogP) is 1.66. The highest BCUT2D eigenvalue weighted by Crippen LogP contribution is 2.42. The lowest BCUT2D eigenvalue weighted by Gasteiger charge is -2.41. The summed E-state index contributed by atoms with van der Waals surface area (Å²) >= 11 is 0. The molecule has 128 valence electrons. The number of carbonyl (C=O) groups is 2. The van der Waals surface area contributed by atoms with E-state index in [4.69, 9.17) is 4.74 Å². The highest BCUT2D eigenvalue weighted by Gasteiger charge is 2.31. The fraction of sp³-hybridized carbons (Fsp3) is 0.263. The molecule has 0 fully saturated rings. The van der Waals surface area contributed by atoms with E-state index in [1.54, 1.807) is 29.2 Å². The van der Waals surface area contributed by atoms with Crippen molar-refractivity contribution in [2.24, 2.45) is 0 Å².